The number of esters is 1. The molecule has 0 unspecified atom stereocenters. The van der Waals surface area contributed by atoms with Crippen LogP contribution in [0.1, 0.15) is 35.7 Å². The molecule has 3 rings (SSSR count). The van der Waals surface area contributed by atoms with Gasteiger partial charge in [-0.2, -0.15) is 0 Å². The van der Waals surface area contributed by atoms with Crippen LogP contribution in [0.2, 0.25) is 0 Å². The lowest BCUT2D eigenvalue weighted by molar-refractivity contribution is -0.150. The minimum atomic E-state index is -1.18. The number of carbonyl (C=O) groups excluding carboxylic acids is 3. The van der Waals surface area contributed by atoms with Crippen LogP contribution < -0.4 is 9.47 Å². The van der Waals surface area contributed by atoms with E-state index in [4.69, 9.17) is 23.7 Å². The lowest BCUT2D eigenvalue weighted by Crippen LogP contribution is -2.42. The maximum absolute atomic E-state index is 12.7. The fraction of sp³-hybridized carbons (Fsp3) is 0.273. The third kappa shape index (κ3) is 5.37. The Bertz CT molecular complexity index is 1120. The second-order valence-electron chi connectivity index (χ2n) is 6.75. The van der Waals surface area contributed by atoms with Crippen LogP contribution in [-0.2, 0) is 20.9 Å². The van der Waals surface area contributed by atoms with Gasteiger partial charge in [0, 0.05) is 0 Å². The van der Waals surface area contributed by atoms with Crippen LogP contribution in [0.25, 0.3) is 6.08 Å². The number of carboxylic acids is 1. The van der Waals surface area contributed by atoms with Gasteiger partial charge in [-0.3, -0.25) is 14.5 Å². The standard InChI is InChI=1S/C22H21NO9S/c1-4-30-21(27)12(2)23-19(24)18(33-22(23)28)10-13-5-7-15(17(9-13)29-3)31-11-14-6-8-16(32-14)20(25)26/h5-10,12H,4,11H2,1-3H3,(H,25,26)/b18-10+/t12-/m0/s1. The molecule has 2 aromatic rings. The first-order valence-electron chi connectivity index (χ1n) is 9.81. The van der Waals surface area contributed by atoms with Gasteiger partial charge in [0.05, 0.1) is 18.6 Å². The van der Waals surface area contributed by atoms with Gasteiger partial charge in [-0.05, 0) is 61.5 Å². The Balaban J connectivity index is 1.74. The summed E-state index contributed by atoms with van der Waals surface area (Å²) < 4.78 is 21.0. The Morgan fingerprint density at radius 3 is 2.61 bits per heavy atom. The zero-order chi connectivity index (χ0) is 24.1. The fourth-order valence-electron chi connectivity index (χ4n) is 2.95. The van der Waals surface area contributed by atoms with Crippen molar-refractivity contribution in [2.75, 3.05) is 13.7 Å². The summed E-state index contributed by atoms with van der Waals surface area (Å²) in [5, 5.41) is 8.36. The maximum Gasteiger partial charge on any atom is 0.371 e. The monoisotopic (exact) mass is 475 g/mol. The largest absolute Gasteiger partial charge is 0.493 e. The molecule has 10 nitrogen and oxygen atoms in total. The van der Waals surface area contributed by atoms with Crippen LogP contribution in [0, 0.1) is 0 Å². The highest BCUT2D eigenvalue weighted by Crippen LogP contribution is 2.36. The molecule has 0 saturated carbocycles. The van der Waals surface area contributed by atoms with Crippen LogP contribution in [0.15, 0.2) is 39.7 Å². The van der Waals surface area contributed by atoms with E-state index in [2.05, 4.69) is 0 Å². The molecular weight excluding hydrogens is 454 g/mol. The summed E-state index contributed by atoms with van der Waals surface area (Å²) in [6, 6.07) is 6.68. The third-order valence-electron chi connectivity index (χ3n) is 4.57. The Hall–Kier alpha value is -3.73. The van der Waals surface area contributed by atoms with Crippen LogP contribution >= 0.6 is 11.8 Å². The summed E-state index contributed by atoms with van der Waals surface area (Å²) in [6.45, 7) is 3.20. The molecular formula is C22H21NO9S. The van der Waals surface area contributed by atoms with Crippen molar-refractivity contribution in [2.45, 2.75) is 26.5 Å². The van der Waals surface area contributed by atoms with E-state index in [1.54, 1.807) is 25.1 Å². The number of thioether (sulfide) groups is 1. The number of amides is 2. The van der Waals surface area contributed by atoms with E-state index in [-0.39, 0.29) is 23.9 Å². The van der Waals surface area contributed by atoms with Crippen molar-refractivity contribution >= 4 is 40.9 Å². The van der Waals surface area contributed by atoms with Crippen LogP contribution in [0.4, 0.5) is 4.79 Å². The number of furan rings is 1. The average Bonchev–Trinajstić information content (AvgIpc) is 3.37. The van der Waals surface area contributed by atoms with Crippen molar-refractivity contribution in [3.63, 3.8) is 0 Å². The zero-order valence-corrected chi connectivity index (χ0v) is 18.8. The molecule has 0 aliphatic carbocycles. The van der Waals surface area contributed by atoms with Crippen LogP contribution in [0.3, 0.4) is 0 Å². The van der Waals surface area contributed by atoms with Gasteiger partial charge in [0.1, 0.15) is 18.4 Å². The molecule has 33 heavy (non-hydrogen) atoms. The van der Waals surface area contributed by atoms with E-state index >= 15 is 0 Å². The Morgan fingerprint density at radius 1 is 1.21 bits per heavy atom. The molecule has 1 aromatic carbocycles. The summed E-state index contributed by atoms with van der Waals surface area (Å²) >= 11 is 0.729. The van der Waals surface area contributed by atoms with Gasteiger partial charge in [-0.15, -0.1) is 0 Å². The SMILES string of the molecule is CCOC(=O)[C@H](C)N1C(=O)S/C(=C/c2ccc(OCc3ccc(C(=O)O)o3)c(OC)c2)C1=O. The topological polar surface area (TPSA) is 133 Å². The van der Waals surface area contributed by atoms with Crippen molar-refractivity contribution in [3.8, 4) is 11.5 Å². The number of imide groups is 1. The van der Waals surface area contributed by atoms with Crippen molar-refractivity contribution in [1.29, 1.82) is 0 Å². The summed E-state index contributed by atoms with van der Waals surface area (Å²) in [5.74, 6) is -1.57. The first-order chi connectivity index (χ1) is 15.7. The molecule has 0 bridgehead atoms. The molecule has 1 fully saturated rings. The van der Waals surface area contributed by atoms with Crippen LogP contribution in [-0.4, -0.2) is 52.8 Å². The molecule has 1 N–H and O–H groups in total. The zero-order valence-electron chi connectivity index (χ0n) is 18.0. The summed E-state index contributed by atoms with van der Waals surface area (Å²) in [7, 11) is 1.44. The molecule has 0 spiro atoms. The van der Waals surface area contributed by atoms with Gasteiger partial charge >= 0.3 is 11.9 Å². The molecule has 2 heterocycles. The van der Waals surface area contributed by atoms with Gasteiger partial charge in [-0.1, -0.05) is 6.07 Å². The Kier molecular flexibility index (Phi) is 7.44. The van der Waals surface area contributed by atoms with Crippen molar-refractivity contribution in [3.05, 3.63) is 52.3 Å². The highest BCUT2D eigenvalue weighted by molar-refractivity contribution is 8.18. The lowest BCUT2D eigenvalue weighted by Gasteiger charge is -2.19. The summed E-state index contributed by atoms with van der Waals surface area (Å²) in [5.41, 5.74) is 0.569. The number of carboxylic acid groups (broad SMARTS) is 1. The van der Waals surface area contributed by atoms with Crippen LogP contribution in [0.5, 0.6) is 11.5 Å². The molecule has 0 radical (unpaired) electrons. The number of rotatable bonds is 9. The molecule has 11 heteroatoms. The quantitative estimate of drug-likeness (QED) is 0.424. The molecule has 1 atom stereocenters. The molecule has 1 aliphatic rings. The number of ether oxygens (including phenoxy) is 3. The number of methoxy groups -OCH3 is 1. The average molecular weight is 475 g/mol. The van der Waals surface area contributed by atoms with Gasteiger partial charge < -0.3 is 23.7 Å². The second-order valence-corrected chi connectivity index (χ2v) is 7.74. The summed E-state index contributed by atoms with van der Waals surface area (Å²) in [4.78, 5) is 48.9. The first kappa shape index (κ1) is 23.9. The third-order valence-corrected chi connectivity index (χ3v) is 5.45. The molecule has 1 saturated heterocycles. The van der Waals surface area contributed by atoms with E-state index in [0.29, 0.717) is 22.8 Å². The van der Waals surface area contributed by atoms with E-state index in [0.717, 1.165) is 16.7 Å². The van der Waals surface area contributed by atoms with Gasteiger partial charge in [0.2, 0.25) is 5.76 Å². The minimum Gasteiger partial charge on any atom is -0.493 e. The highest BCUT2D eigenvalue weighted by atomic mass is 32.2. The first-order valence-corrected chi connectivity index (χ1v) is 10.6. The molecule has 2 amide bonds. The van der Waals surface area contributed by atoms with E-state index in [1.807, 2.05) is 0 Å². The second kappa shape index (κ2) is 10.3. The van der Waals surface area contributed by atoms with E-state index < -0.39 is 29.1 Å². The van der Waals surface area contributed by atoms with Gasteiger partial charge in [-0.25, -0.2) is 9.59 Å². The number of aromatic carboxylic acids is 1. The van der Waals surface area contributed by atoms with Gasteiger partial charge in [0.25, 0.3) is 11.1 Å². The Morgan fingerprint density at radius 2 is 1.97 bits per heavy atom. The molecule has 1 aromatic heterocycles. The normalized spacial score (nSPS) is 15.6. The number of nitrogens with zero attached hydrogens (tertiary/aromatic N) is 1. The van der Waals surface area contributed by atoms with E-state index in [9.17, 15) is 19.2 Å². The predicted molar refractivity (Wildman–Crippen MR) is 117 cm³/mol. The van der Waals surface area contributed by atoms with Crippen molar-refractivity contribution in [1.82, 2.24) is 4.90 Å². The smallest absolute Gasteiger partial charge is 0.371 e. The molecule has 174 valence electrons. The van der Waals surface area contributed by atoms with E-state index in [1.165, 1.54) is 32.2 Å². The van der Waals surface area contributed by atoms with Crippen molar-refractivity contribution in [2.24, 2.45) is 0 Å². The maximum atomic E-state index is 12.7. The highest BCUT2D eigenvalue weighted by Gasteiger charge is 2.41. The van der Waals surface area contributed by atoms with Crippen molar-refractivity contribution < 1.29 is 42.9 Å². The lowest BCUT2D eigenvalue weighted by atomic mass is 10.1. The number of hydrogen-bond donors (Lipinski definition) is 1. The Labute approximate surface area is 193 Å². The summed E-state index contributed by atoms with van der Waals surface area (Å²) in [6.07, 6.45) is 1.51. The molecule has 1 aliphatic heterocycles. The predicted octanol–water partition coefficient (Wildman–Crippen LogP) is 3.55. The van der Waals surface area contributed by atoms with Gasteiger partial charge in [0.15, 0.2) is 11.5 Å². The number of benzene rings is 1. The number of hydrogen-bond acceptors (Lipinski definition) is 9. The minimum absolute atomic E-state index is 0.0202. The number of carbonyl (C=O) groups is 4. The fourth-order valence-corrected chi connectivity index (χ4v) is 3.85.